The van der Waals surface area contributed by atoms with Gasteiger partial charge in [-0.15, -0.1) is 0 Å². The lowest BCUT2D eigenvalue weighted by Crippen LogP contribution is -2.47. The molecular weight excluding hydrogens is 436 g/mol. The molecule has 174 valence electrons. The van der Waals surface area contributed by atoms with Crippen LogP contribution in [0, 0.1) is 0 Å². The molecule has 1 saturated heterocycles. The molecule has 3 rings (SSSR count). The van der Waals surface area contributed by atoms with Crippen molar-refractivity contribution in [1.29, 1.82) is 0 Å². The van der Waals surface area contributed by atoms with E-state index in [9.17, 15) is 9.59 Å². The van der Waals surface area contributed by atoms with Gasteiger partial charge < -0.3 is 19.3 Å². The highest BCUT2D eigenvalue weighted by molar-refractivity contribution is 6.30. The number of ether oxygens (including phenoxy) is 2. The Kier molecular flexibility index (Phi) is 8.11. The smallest absolute Gasteiger partial charge is 0.413 e. The van der Waals surface area contributed by atoms with E-state index in [0.717, 1.165) is 23.7 Å². The summed E-state index contributed by atoms with van der Waals surface area (Å²) in [7, 11) is 0. The Bertz CT molecular complexity index is 927. The van der Waals surface area contributed by atoms with Crippen LogP contribution in [0.2, 0.25) is 5.02 Å². The normalized spacial score (nSPS) is 17.1. The minimum atomic E-state index is -0.640. The van der Waals surface area contributed by atoms with Gasteiger partial charge in [-0.2, -0.15) is 0 Å². The van der Waals surface area contributed by atoms with E-state index in [4.69, 9.17) is 25.6 Å². The first-order valence-electron chi connectivity index (χ1n) is 10.5. The van der Waals surface area contributed by atoms with Crippen LogP contribution in [0.15, 0.2) is 34.9 Å². The van der Waals surface area contributed by atoms with Gasteiger partial charge >= 0.3 is 6.09 Å². The standard InChI is InChI=1S/C22H29ClN4O5/c1-22(2,3)31-21(29)25-19-10-17(32-26-19)11-20(28)24-12-18-14-27(7-8-30-18)13-15-5-4-6-16(23)9-15/h4-6,9-10,18H,7-8,11-14H2,1-3H3,(H,24,28)(H,25,26,29)/t18-/m0/s1. The molecule has 2 heterocycles. The second-order valence-electron chi connectivity index (χ2n) is 8.64. The van der Waals surface area contributed by atoms with Gasteiger partial charge in [0.25, 0.3) is 0 Å². The van der Waals surface area contributed by atoms with Crippen molar-refractivity contribution in [1.82, 2.24) is 15.4 Å². The third kappa shape index (κ3) is 8.14. The maximum atomic E-state index is 12.3. The minimum Gasteiger partial charge on any atom is -0.444 e. The molecule has 1 aromatic carbocycles. The summed E-state index contributed by atoms with van der Waals surface area (Å²) in [5, 5.41) is 9.79. The first kappa shape index (κ1) is 24.0. The Balaban J connectivity index is 1.41. The third-order valence-corrected chi connectivity index (χ3v) is 4.80. The largest absolute Gasteiger partial charge is 0.444 e. The summed E-state index contributed by atoms with van der Waals surface area (Å²) in [6.07, 6.45) is -0.744. The number of benzene rings is 1. The average molecular weight is 465 g/mol. The second kappa shape index (κ2) is 10.8. The molecule has 1 atom stereocenters. The number of hydrogen-bond donors (Lipinski definition) is 2. The van der Waals surface area contributed by atoms with Crippen LogP contribution in [-0.2, 0) is 27.2 Å². The lowest BCUT2D eigenvalue weighted by Gasteiger charge is -2.33. The predicted molar refractivity (Wildman–Crippen MR) is 120 cm³/mol. The number of morpholine rings is 1. The molecule has 10 heteroatoms. The lowest BCUT2D eigenvalue weighted by atomic mass is 10.2. The summed E-state index contributed by atoms with van der Waals surface area (Å²) < 4.78 is 16.1. The molecule has 1 fully saturated rings. The molecule has 0 saturated carbocycles. The van der Waals surface area contributed by atoms with E-state index < -0.39 is 11.7 Å². The van der Waals surface area contributed by atoms with E-state index in [-0.39, 0.29) is 24.2 Å². The van der Waals surface area contributed by atoms with Crippen LogP contribution in [0.1, 0.15) is 32.1 Å². The topological polar surface area (TPSA) is 106 Å². The van der Waals surface area contributed by atoms with E-state index in [2.05, 4.69) is 20.7 Å². The summed E-state index contributed by atoms with van der Waals surface area (Å²) in [4.78, 5) is 26.3. The molecule has 0 spiro atoms. The number of amides is 2. The SMILES string of the molecule is CC(C)(C)OC(=O)Nc1cc(CC(=O)NC[C@H]2CN(Cc3cccc(Cl)c3)CCO2)on1. The van der Waals surface area contributed by atoms with Gasteiger partial charge in [-0.3, -0.25) is 15.0 Å². The second-order valence-corrected chi connectivity index (χ2v) is 9.08. The number of hydrogen-bond acceptors (Lipinski definition) is 7. The van der Waals surface area contributed by atoms with Gasteiger partial charge in [-0.25, -0.2) is 4.79 Å². The molecule has 1 aromatic heterocycles. The number of nitrogens with one attached hydrogen (secondary N) is 2. The van der Waals surface area contributed by atoms with Crippen molar-refractivity contribution in [2.45, 2.75) is 45.4 Å². The Morgan fingerprint density at radius 2 is 2.12 bits per heavy atom. The molecule has 0 unspecified atom stereocenters. The van der Waals surface area contributed by atoms with Crippen molar-refractivity contribution in [3.05, 3.63) is 46.7 Å². The van der Waals surface area contributed by atoms with E-state index >= 15 is 0 Å². The van der Waals surface area contributed by atoms with Crippen molar-refractivity contribution in [3.63, 3.8) is 0 Å². The molecule has 0 bridgehead atoms. The Morgan fingerprint density at radius 1 is 1.31 bits per heavy atom. The third-order valence-electron chi connectivity index (χ3n) is 4.57. The van der Waals surface area contributed by atoms with Crippen LogP contribution in [0.3, 0.4) is 0 Å². The zero-order valence-corrected chi connectivity index (χ0v) is 19.3. The Labute approximate surface area is 192 Å². The molecule has 2 aromatic rings. The molecule has 1 aliphatic rings. The van der Waals surface area contributed by atoms with Crippen LogP contribution in [0.4, 0.5) is 10.6 Å². The van der Waals surface area contributed by atoms with Crippen molar-refractivity contribution < 1.29 is 23.6 Å². The van der Waals surface area contributed by atoms with Crippen LogP contribution >= 0.6 is 11.6 Å². The van der Waals surface area contributed by atoms with Gasteiger partial charge in [0.1, 0.15) is 11.4 Å². The number of carbonyl (C=O) groups is 2. The summed E-state index contributed by atoms with van der Waals surface area (Å²) in [6.45, 7) is 8.58. The van der Waals surface area contributed by atoms with Crippen LogP contribution in [0.5, 0.6) is 0 Å². The van der Waals surface area contributed by atoms with Gasteiger partial charge in [-0.05, 0) is 38.5 Å². The fourth-order valence-corrected chi connectivity index (χ4v) is 3.47. The van der Waals surface area contributed by atoms with Gasteiger partial charge in [0.05, 0.1) is 19.1 Å². The molecular formula is C22H29ClN4O5. The highest BCUT2D eigenvalue weighted by Crippen LogP contribution is 2.15. The monoisotopic (exact) mass is 464 g/mol. The van der Waals surface area contributed by atoms with Crippen molar-refractivity contribution in [2.75, 3.05) is 31.6 Å². The van der Waals surface area contributed by atoms with Crippen molar-refractivity contribution in [2.24, 2.45) is 0 Å². The quantitative estimate of drug-likeness (QED) is 0.647. The first-order chi connectivity index (χ1) is 15.2. The van der Waals surface area contributed by atoms with Gasteiger partial charge in [0.2, 0.25) is 5.91 Å². The minimum absolute atomic E-state index is 0.00193. The van der Waals surface area contributed by atoms with Gasteiger partial charge in [0.15, 0.2) is 5.82 Å². The molecule has 1 aliphatic heterocycles. The Hall–Kier alpha value is -2.62. The number of aromatic nitrogens is 1. The maximum Gasteiger partial charge on any atom is 0.413 e. The maximum absolute atomic E-state index is 12.3. The van der Waals surface area contributed by atoms with Crippen LogP contribution in [-0.4, -0.2) is 60.0 Å². The number of rotatable bonds is 7. The zero-order chi connectivity index (χ0) is 23.1. The molecule has 2 amide bonds. The summed E-state index contributed by atoms with van der Waals surface area (Å²) in [5.41, 5.74) is 0.518. The van der Waals surface area contributed by atoms with Gasteiger partial charge in [0, 0.05) is 37.3 Å². The number of nitrogens with zero attached hydrogens (tertiary/aromatic N) is 2. The first-order valence-corrected chi connectivity index (χ1v) is 10.8. The molecule has 0 radical (unpaired) electrons. The summed E-state index contributed by atoms with van der Waals surface area (Å²) in [5.74, 6) is 0.301. The molecule has 32 heavy (non-hydrogen) atoms. The lowest BCUT2D eigenvalue weighted by molar-refractivity contribution is -0.122. The fraction of sp³-hybridized carbons (Fsp3) is 0.500. The van der Waals surface area contributed by atoms with Crippen molar-refractivity contribution in [3.8, 4) is 0 Å². The Morgan fingerprint density at radius 3 is 2.88 bits per heavy atom. The highest BCUT2D eigenvalue weighted by atomic mass is 35.5. The van der Waals surface area contributed by atoms with E-state index in [0.29, 0.717) is 25.5 Å². The van der Waals surface area contributed by atoms with Crippen molar-refractivity contribution >= 4 is 29.4 Å². The molecule has 2 N–H and O–H groups in total. The number of anilines is 1. The van der Waals surface area contributed by atoms with E-state index in [1.165, 1.54) is 6.07 Å². The van der Waals surface area contributed by atoms with E-state index in [1.807, 2.05) is 24.3 Å². The summed E-state index contributed by atoms with van der Waals surface area (Å²) >= 11 is 6.06. The average Bonchev–Trinajstić information content (AvgIpc) is 3.11. The zero-order valence-electron chi connectivity index (χ0n) is 18.5. The number of carbonyl (C=O) groups excluding carboxylic acids is 2. The fourth-order valence-electron chi connectivity index (χ4n) is 3.25. The molecule has 9 nitrogen and oxygen atoms in total. The molecule has 0 aliphatic carbocycles. The predicted octanol–water partition coefficient (Wildman–Crippen LogP) is 3.23. The van der Waals surface area contributed by atoms with Crippen LogP contribution < -0.4 is 10.6 Å². The van der Waals surface area contributed by atoms with Crippen LogP contribution in [0.25, 0.3) is 0 Å². The van der Waals surface area contributed by atoms with E-state index in [1.54, 1.807) is 20.8 Å². The van der Waals surface area contributed by atoms with Gasteiger partial charge in [-0.1, -0.05) is 28.9 Å². The highest BCUT2D eigenvalue weighted by Gasteiger charge is 2.22. The number of halogens is 1. The summed E-state index contributed by atoms with van der Waals surface area (Å²) in [6, 6.07) is 9.29.